The Morgan fingerprint density at radius 2 is 1.38 bits per heavy atom. The molecule has 0 aliphatic heterocycles. The molecular weight excluding hydrogens is 452 g/mol. The van der Waals surface area contributed by atoms with Gasteiger partial charge in [0.25, 0.3) is 0 Å². The van der Waals surface area contributed by atoms with E-state index < -0.39 is 0 Å². The summed E-state index contributed by atoms with van der Waals surface area (Å²) >= 11 is 0. The fourth-order valence-corrected chi connectivity index (χ4v) is 4.89. The van der Waals surface area contributed by atoms with E-state index in [1.807, 2.05) is 18.2 Å². The van der Waals surface area contributed by atoms with E-state index in [1.165, 1.54) is 28.1 Å². The third-order valence-corrected chi connectivity index (χ3v) is 7.01. The van der Waals surface area contributed by atoms with Gasteiger partial charge in [0.2, 0.25) is 5.69 Å². The van der Waals surface area contributed by atoms with E-state index in [4.69, 9.17) is 6.57 Å². The minimum atomic E-state index is 0.0269. The van der Waals surface area contributed by atoms with Gasteiger partial charge in [-0.25, -0.2) is 4.85 Å². The molecule has 0 radical (unpaired) electrons. The number of hydrogen-bond donors (Lipinski definition) is 0. The largest absolute Gasteiger partial charge is 0.309 e. The summed E-state index contributed by atoms with van der Waals surface area (Å²) in [6, 6.07) is 25.3. The van der Waals surface area contributed by atoms with Gasteiger partial charge in [-0.05, 0) is 58.4 Å². The Hall–Kier alpha value is -4.41. The lowest BCUT2D eigenvalue weighted by atomic mass is 9.85. The van der Waals surface area contributed by atoms with Gasteiger partial charge in [0.15, 0.2) is 0 Å². The van der Waals surface area contributed by atoms with Gasteiger partial charge in [-0.2, -0.15) is 5.26 Å². The second kappa shape index (κ2) is 8.61. The fourth-order valence-electron chi connectivity index (χ4n) is 4.89. The molecule has 0 aliphatic rings. The van der Waals surface area contributed by atoms with E-state index >= 15 is 0 Å². The molecule has 0 bridgehead atoms. The van der Waals surface area contributed by atoms with Crippen LogP contribution in [0.5, 0.6) is 0 Å². The Labute approximate surface area is 218 Å². The van der Waals surface area contributed by atoms with Crippen LogP contribution in [0.25, 0.3) is 43.6 Å². The average molecular weight is 483 g/mol. The van der Waals surface area contributed by atoms with Gasteiger partial charge < -0.3 is 4.57 Å². The fraction of sp³-hybridized carbons (Fsp3) is 0.242. The molecule has 0 saturated carbocycles. The molecule has 3 aromatic carbocycles. The van der Waals surface area contributed by atoms with Crippen LogP contribution in [0, 0.1) is 17.9 Å². The third-order valence-electron chi connectivity index (χ3n) is 7.01. The highest BCUT2D eigenvalue weighted by molar-refractivity contribution is 6.10. The summed E-state index contributed by atoms with van der Waals surface area (Å²) in [4.78, 5) is 8.27. The minimum absolute atomic E-state index is 0.0269. The summed E-state index contributed by atoms with van der Waals surface area (Å²) in [5.41, 5.74) is 8.00. The number of para-hydroxylation sites is 1. The predicted molar refractivity (Wildman–Crippen MR) is 152 cm³/mol. The molecule has 0 spiro atoms. The molecule has 0 atom stereocenters. The number of benzene rings is 3. The quantitative estimate of drug-likeness (QED) is 0.236. The smallest absolute Gasteiger partial charge is 0.214 e. The van der Waals surface area contributed by atoms with Crippen LogP contribution >= 0.6 is 0 Å². The summed E-state index contributed by atoms with van der Waals surface area (Å²) in [6.07, 6.45) is 1.54. The number of hydrogen-bond acceptors (Lipinski definition) is 2. The maximum Gasteiger partial charge on any atom is 0.214 e. The van der Waals surface area contributed by atoms with E-state index in [9.17, 15) is 5.26 Å². The van der Waals surface area contributed by atoms with E-state index in [0.717, 1.165) is 22.3 Å². The first-order valence-electron chi connectivity index (χ1n) is 12.5. The van der Waals surface area contributed by atoms with Crippen molar-refractivity contribution in [3.05, 3.63) is 101 Å². The average Bonchev–Trinajstić information content (AvgIpc) is 3.20. The van der Waals surface area contributed by atoms with Crippen LogP contribution in [0.1, 0.15) is 58.2 Å². The number of pyridine rings is 1. The molecule has 5 rings (SSSR count). The highest BCUT2D eigenvalue weighted by Gasteiger charge is 2.22. The second-order valence-electron chi connectivity index (χ2n) is 11.6. The molecule has 0 amide bonds. The first-order chi connectivity index (χ1) is 17.5. The lowest BCUT2D eigenvalue weighted by Crippen LogP contribution is -2.10. The summed E-state index contributed by atoms with van der Waals surface area (Å²) in [7, 11) is 0. The molecule has 0 N–H and O–H groups in total. The van der Waals surface area contributed by atoms with Gasteiger partial charge in [-0.15, -0.1) is 0 Å². The molecule has 0 aliphatic carbocycles. The molecule has 2 aromatic heterocycles. The van der Waals surface area contributed by atoms with Crippen molar-refractivity contribution in [3.8, 4) is 23.0 Å². The topological polar surface area (TPSA) is 46.0 Å². The molecule has 182 valence electrons. The summed E-state index contributed by atoms with van der Waals surface area (Å²) in [6.45, 7) is 21.2. The lowest BCUT2D eigenvalue weighted by Gasteiger charge is -2.19. The molecule has 37 heavy (non-hydrogen) atoms. The van der Waals surface area contributed by atoms with E-state index in [0.29, 0.717) is 16.9 Å². The zero-order valence-corrected chi connectivity index (χ0v) is 22.2. The van der Waals surface area contributed by atoms with E-state index in [-0.39, 0.29) is 10.8 Å². The van der Waals surface area contributed by atoms with Gasteiger partial charge in [0.05, 0.1) is 40.6 Å². The summed E-state index contributed by atoms with van der Waals surface area (Å²) in [5, 5.41) is 11.7. The van der Waals surface area contributed by atoms with Crippen LogP contribution in [-0.2, 0) is 10.8 Å². The van der Waals surface area contributed by atoms with Crippen molar-refractivity contribution in [2.45, 2.75) is 52.4 Å². The molecule has 4 heteroatoms. The van der Waals surface area contributed by atoms with Crippen LogP contribution in [-0.4, -0.2) is 9.55 Å². The maximum atomic E-state index is 9.32. The number of nitriles is 1. The summed E-state index contributed by atoms with van der Waals surface area (Å²) in [5.74, 6) is 0. The van der Waals surface area contributed by atoms with Crippen molar-refractivity contribution in [2.24, 2.45) is 0 Å². The van der Waals surface area contributed by atoms with Crippen molar-refractivity contribution < 1.29 is 0 Å². The molecular formula is C33H30N4. The van der Waals surface area contributed by atoms with Gasteiger partial charge in [0, 0.05) is 22.5 Å². The van der Waals surface area contributed by atoms with Crippen molar-refractivity contribution in [1.82, 2.24) is 9.55 Å². The molecule has 0 unspecified atom stereocenters. The van der Waals surface area contributed by atoms with E-state index in [1.54, 1.807) is 6.07 Å². The Morgan fingerprint density at radius 1 is 0.811 bits per heavy atom. The van der Waals surface area contributed by atoms with Gasteiger partial charge in [-0.3, -0.25) is 4.98 Å². The van der Waals surface area contributed by atoms with Crippen LogP contribution in [0.2, 0.25) is 0 Å². The molecule has 2 heterocycles. The molecule has 4 nitrogen and oxygen atoms in total. The lowest BCUT2D eigenvalue weighted by molar-refractivity contribution is 0.590. The van der Waals surface area contributed by atoms with Gasteiger partial charge >= 0.3 is 0 Å². The van der Waals surface area contributed by atoms with Crippen LogP contribution in [0.15, 0.2) is 72.9 Å². The SMILES string of the molecule is [C-]#[N+]c1cc(C#N)cnc1-c1ccccc1-n1c2ccc(C(C)(C)C)cc2c2cc(C(C)(C)C)ccc21. The Bertz CT molecular complexity index is 1690. The maximum absolute atomic E-state index is 9.32. The zero-order valence-electron chi connectivity index (χ0n) is 22.2. The van der Waals surface area contributed by atoms with Crippen molar-refractivity contribution >= 4 is 27.5 Å². The normalized spacial score (nSPS) is 12.0. The number of fused-ring (bicyclic) bond motifs is 3. The predicted octanol–water partition coefficient (Wildman–Crippen LogP) is 8.86. The monoisotopic (exact) mass is 482 g/mol. The van der Waals surface area contributed by atoms with Crippen molar-refractivity contribution in [1.29, 1.82) is 5.26 Å². The third kappa shape index (κ3) is 4.15. The highest BCUT2D eigenvalue weighted by Crippen LogP contribution is 2.40. The minimum Gasteiger partial charge on any atom is -0.309 e. The first-order valence-corrected chi connectivity index (χ1v) is 12.5. The Balaban J connectivity index is 1.89. The Morgan fingerprint density at radius 3 is 1.89 bits per heavy atom. The number of aromatic nitrogens is 2. The number of rotatable bonds is 2. The summed E-state index contributed by atoms with van der Waals surface area (Å²) < 4.78 is 2.28. The first kappa shape index (κ1) is 24.3. The molecule has 0 saturated heterocycles. The molecule has 5 aromatic rings. The zero-order chi connectivity index (χ0) is 26.5. The van der Waals surface area contributed by atoms with Crippen molar-refractivity contribution in [2.75, 3.05) is 0 Å². The van der Waals surface area contributed by atoms with E-state index in [2.05, 4.69) is 104 Å². The second-order valence-corrected chi connectivity index (χ2v) is 11.6. The van der Waals surface area contributed by atoms with Crippen LogP contribution < -0.4 is 0 Å². The highest BCUT2D eigenvalue weighted by atomic mass is 15.0. The van der Waals surface area contributed by atoms with Gasteiger partial charge in [0.1, 0.15) is 0 Å². The molecule has 0 fully saturated rings. The number of nitrogens with zero attached hydrogens (tertiary/aromatic N) is 4. The Kier molecular flexibility index (Phi) is 5.65. The van der Waals surface area contributed by atoms with Crippen LogP contribution in [0.3, 0.4) is 0 Å². The van der Waals surface area contributed by atoms with Crippen LogP contribution in [0.4, 0.5) is 5.69 Å². The van der Waals surface area contributed by atoms with Crippen molar-refractivity contribution in [3.63, 3.8) is 0 Å². The van der Waals surface area contributed by atoms with Gasteiger partial charge in [-0.1, -0.05) is 71.9 Å². The standard InChI is InChI=1S/C33H30N4/c1-32(2,3)22-12-14-29-25(17-22)26-18-23(33(4,5)6)13-15-30(26)37(29)28-11-9-8-10-24(28)31-27(35-7)16-21(19-34)20-36-31/h8-18,20H,1-6H3.